The molecule has 146 valence electrons. The molecule has 0 radical (unpaired) electrons. The molecule has 8 nitrogen and oxygen atoms in total. The lowest BCUT2D eigenvalue weighted by Crippen LogP contribution is -2.38. The van der Waals surface area contributed by atoms with E-state index in [1.165, 1.54) is 17.0 Å². The number of hydrogen-bond acceptors (Lipinski definition) is 6. The lowest BCUT2D eigenvalue weighted by atomic mass is 10.0. The summed E-state index contributed by atoms with van der Waals surface area (Å²) in [6.07, 6.45) is 1.35. The molecule has 2 aromatic carbocycles. The van der Waals surface area contributed by atoms with E-state index >= 15 is 0 Å². The Labute approximate surface area is 161 Å². The Morgan fingerprint density at radius 3 is 2.61 bits per heavy atom. The topological polar surface area (TPSA) is 99.0 Å². The fourth-order valence-corrected chi connectivity index (χ4v) is 3.15. The molecule has 0 atom stereocenters. The number of ether oxygens (including phenoxy) is 2. The van der Waals surface area contributed by atoms with E-state index in [0.29, 0.717) is 37.2 Å². The zero-order valence-corrected chi connectivity index (χ0v) is 15.4. The molecule has 3 rings (SSSR count). The molecule has 2 aromatic rings. The number of benzene rings is 2. The van der Waals surface area contributed by atoms with Crippen LogP contribution in [0.3, 0.4) is 0 Å². The number of nitro benzene ring substituents is 1. The van der Waals surface area contributed by atoms with Gasteiger partial charge in [0.15, 0.2) is 6.61 Å². The van der Waals surface area contributed by atoms with Crippen molar-refractivity contribution in [3.05, 3.63) is 69.3 Å². The van der Waals surface area contributed by atoms with Gasteiger partial charge in [-0.2, -0.15) is 0 Å². The molecule has 8 heteroatoms. The molecule has 0 saturated heterocycles. The standard InChI is InChI=1S/C20H20N2O6/c1-27-12-14-4-6-15(7-5-14)20(24)28-13-19(23)21-10-2-3-16-11-17(22(25)26)8-9-18(16)21/h4-9,11H,2-3,10,12-13H2,1H3. The van der Waals surface area contributed by atoms with Gasteiger partial charge in [-0.1, -0.05) is 12.1 Å². The van der Waals surface area contributed by atoms with E-state index in [2.05, 4.69) is 0 Å². The number of nitro groups is 1. The first-order chi connectivity index (χ1) is 13.5. The average molecular weight is 384 g/mol. The number of non-ortho nitro benzene ring substituents is 1. The third-order valence-corrected chi connectivity index (χ3v) is 4.52. The van der Waals surface area contributed by atoms with Crippen molar-refractivity contribution in [2.45, 2.75) is 19.4 Å². The molecule has 0 unspecified atom stereocenters. The van der Waals surface area contributed by atoms with Crippen molar-refractivity contribution < 1.29 is 24.0 Å². The third kappa shape index (κ3) is 4.34. The summed E-state index contributed by atoms with van der Waals surface area (Å²) in [5.74, 6) is -0.947. The van der Waals surface area contributed by atoms with Gasteiger partial charge >= 0.3 is 5.97 Å². The molecule has 0 aliphatic carbocycles. The number of fused-ring (bicyclic) bond motifs is 1. The van der Waals surface area contributed by atoms with Crippen molar-refractivity contribution in [2.24, 2.45) is 0 Å². The summed E-state index contributed by atoms with van der Waals surface area (Å²) >= 11 is 0. The van der Waals surface area contributed by atoms with E-state index in [9.17, 15) is 19.7 Å². The van der Waals surface area contributed by atoms with Crippen molar-refractivity contribution >= 4 is 23.3 Å². The number of methoxy groups -OCH3 is 1. The molecule has 28 heavy (non-hydrogen) atoms. The largest absolute Gasteiger partial charge is 0.452 e. The minimum absolute atomic E-state index is 0.00334. The molecule has 1 heterocycles. The molecule has 1 amide bonds. The highest BCUT2D eigenvalue weighted by atomic mass is 16.6. The van der Waals surface area contributed by atoms with Crippen LogP contribution in [0.1, 0.15) is 27.9 Å². The number of amides is 1. The summed E-state index contributed by atoms with van der Waals surface area (Å²) in [5, 5.41) is 10.9. The second-order valence-corrected chi connectivity index (χ2v) is 6.43. The smallest absolute Gasteiger partial charge is 0.338 e. The molecule has 0 spiro atoms. The highest BCUT2D eigenvalue weighted by Crippen LogP contribution is 2.30. The Bertz CT molecular complexity index is 894. The van der Waals surface area contributed by atoms with Crippen molar-refractivity contribution in [3.63, 3.8) is 0 Å². The monoisotopic (exact) mass is 384 g/mol. The van der Waals surface area contributed by atoms with Gasteiger partial charge in [-0.25, -0.2) is 4.79 Å². The predicted molar refractivity (Wildman–Crippen MR) is 101 cm³/mol. The number of hydrogen-bond donors (Lipinski definition) is 0. The van der Waals surface area contributed by atoms with Crippen molar-refractivity contribution in [2.75, 3.05) is 25.2 Å². The first-order valence-electron chi connectivity index (χ1n) is 8.82. The molecule has 0 aromatic heterocycles. The van der Waals surface area contributed by atoms with E-state index in [4.69, 9.17) is 9.47 Å². The van der Waals surface area contributed by atoms with E-state index in [1.54, 1.807) is 37.4 Å². The van der Waals surface area contributed by atoms with Gasteiger partial charge in [-0.15, -0.1) is 0 Å². The van der Waals surface area contributed by atoms with E-state index in [-0.39, 0.29) is 11.6 Å². The van der Waals surface area contributed by atoms with E-state index in [1.807, 2.05) is 0 Å². The van der Waals surface area contributed by atoms with Crippen LogP contribution in [0.15, 0.2) is 42.5 Å². The summed E-state index contributed by atoms with van der Waals surface area (Å²) < 4.78 is 10.2. The number of carbonyl (C=O) groups is 2. The van der Waals surface area contributed by atoms with Crippen LogP contribution in [0.2, 0.25) is 0 Å². The third-order valence-electron chi connectivity index (χ3n) is 4.52. The van der Waals surface area contributed by atoms with Crippen LogP contribution in [0, 0.1) is 10.1 Å². The normalized spacial score (nSPS) is 13.0. The zero-order chi connectivity index (χ0) is 20.1. The quantitative estimate of drug-likeness (QED) is 0.431. The summed E-state index contributed by atoms with van der Waals surface area (Å²) in [6, 6.07) is 11.2. The zero-order valence-electron chi connectivity index (χ0n) is 15.4. The molecule has 0 N–H and O–H groups in total. The molecular weight excluding hydrogens is 364 g/mol. The molecule has 0 saturated carbocycles. The Morgan fingerprint density at radius 2 is 1.93 bits per heavy atom. The van der Waals surface area contributed by atoms with Crippen LogP contribution in [-0.4, -0.2) is 37.1 Å². The average Bonchev–Trinajstić information content (AvgIpc) is 2.71. The maximum atomic E-state index is 12.6. The summed E-state index contributed by atoms with van der Waals surface area (Å²) in [5.41, 5.74) is 2.64. The van der Waals surface area contributed by atoms with Gasteiger partial charge in [0.05, 0.1) is 17.1 Å². The number of carbonyl (C=O) groups excluding carboxylic acids is 2. The second-order valence-electron chi connectivity index (χ2n) is 6.43. The Morgan fingerprint density at radius 1 is 1.18 bits per heavy atom. The fourth-order valence-electron chi connectivity index (χ4n) is 3.15. The van der Waals surface area contributed by atoms with Crippen molar-refractivity contribution in [3.8, 4) is 0 Å². The van der Waals surface area contributed by atoms with E-state index < -0.39 is 17.5 Å². The summed E-state index contributed by atoms with van der Waals surface area (Å²) in [6.45, 7) is 0.530. The summed E-state index contributed by atoms with van der Waals surface area (Å²) in [7, 11) is 1.59. The molecule has 0 fully saturated rings. The number of aryl methyl sites for hydroxylation is 1. The van der Waals surface area contributed by atoms with Crippen LogP contribution in [0.5, 0.6) is 0 Å². The maximum Gasteiger partial charge on any atom is 0.338 e. The molecular formula is C20H20N2O6. The van der Waals surface area contributed by atoms with E-state index in [0.717, 1.165) is 11.1 Å². The predicted octanol–water partition coefficient (Wildman–Crippen LogP) is 2.88. The number of anilines is 1. The van der Waals surface area contributed by atoms with Crippen LogP contribution in [0.25, 0.3) is 0 Å². The van der Waals surface area contributed by atoms with Crippen LogP contribution in [-0.2, 0) is 27.3 Å². The summed E-state index contributed by atoms with van der Waals surface area (Å²) in [4.78, 5) is 36.7. The van der Waals surface area contributed by atoms with Crippen LogP contribution < -0.4 is 4.90 Å². The first kappa shape index (κ1) is 19.5. The van der Waals surface area contributed by atoms with Gasteiger partial charge in [0.25, 0.3) is 11.6 Å². The maximum absolute atomic E-state index is 12.6. The van der Waals surface area contributed by atoms with Gasteiger partial charge in [-0.05, 0) is 42.2 Å². The number of nitrogens with zero attached hydrogens (tertiary/aromatic N) is 2. The Hall–Kier alpha value is -3.26. The Balaban J connectivity index is 1.64. The highest BCUT2D eigenvalue weighted by Gasteiger charge is 2.25. The highest BCUT2D eigenvalue weighted by molar-refractivity contribution is 5.98. The SMILES string of the molecule is COCc1ccc(C(=O)OCC(=O)N2CCCc3cc([N+](=O)[O-])ccc32)cc1. The molecule has 1 aliphatic rings. The molecule has 1 aliphatic heterocycles. The first-order valence-corrected chi connectivity index (χ1v) is 8.82. The lowest BCUT2D eigenvalue weighted by Gasteiger charge is -2.29. The Kier molecular flexibility index (Phi) is 6.00. The van der Waals surface area contributed by atoms with Crippen molar-refractivity contribution in [1.82, 2.24) is 0 Å². The fraction of sp³-hybridized carbons (Fsp3) is 0.300. The van der Waals surface area contributed by atoms with Crippen LogP contribution >= 0.6 is 0 Å². The van der Waals surface area contributed by atoms with Gasteiger partial charge in [0.1, 0.15) is 0 Å². The minimum atomic E-state index is -0.585. The van der Waals surface area contributed by atoms with Gasteiger partial charge in [-0.3, -0.25) is 14.9 Å². The van der Waals surface area contributed by atoms with Gasteiger partial charge in [0, 0.05) is 31.5 Å². The van der Waals surface area contributed by atoms with Crippen LogP contribution in [0.4, 0.5) is 11.4 Å². The number of rotatable bonds is 6. The number of esters is 1. The second kappa shape index (κ2) is 8.62. The van der Waals surface area contributed by atoms with Crippen molar-refractivity contribution in [1.29, 1.82) is 0 Å². The van der Waals surface area contributed by atoms with Gasteiger partial charge in [0.2, 0.25) is 0 Å². The van der Waals surface area contributed by atoms with Gasteiger partial charge < -0.3 is 14.4 Å². The molecule has 0 bridgehead atoms. The minimum Gasteiger partial charge on any atom is -0.452 e. The lowest BCUT2D eigenvalue weighted by molar-refractivity contribution is -0.384.